The molecule has 2 aromatic rings. The van der Waals surface area contributed by atoms with Crippen LogP contribution in [0.3, 0.4) is 0 Å². The van der Waals surface area contributed by atoms with Crippen molar-refractivity contribution in [3.8, 4) is 22.9 Å². The van der Waals surface area contributed by atoms with Gasteiger partial charge in [-0.1, -0.05) is 12.1 Å². The number of nitrogens with zero attached hydrogens (tertiary/aromatic N) is 2. The number of halogens is 3. The molecule has 2 N–H and O–H groups in total. The fourth-order valence-corrected chi connectivity index (χ4v) is 5.13. The number of ether oxygens (including phenoxy) is 1. The van der Waals surface area contributed by atoms with E-state index in [1.54, 1.807) is 26.0 Å². The van der Waals surface area contributed by atoms with Gasteiger partial charge in [-0.15, -0.1) is 0 Å². The Morgan fingerprint density at radius 1 is 1.21 bits per heavy atom. The molecule has 7 nitrogen and oxygen atoms in total. The van der Waals surface area contributed by atoms with Crippen LogP contribution in [0.5, 0.6) is 5.75 Å². The molecule has 0 spiro atoms. The van der Waals surface area contributed by atoms with E-state index in [1.807, 2.05) is 0 Å². The number of hydrogen-bond acceptors (Lipinski definition) is 6. The van der Waals surface area contributed by atoms with Gasteiger partial charge in [-0.05, 0) is 75.5 Å². The van der Waals surface area contributed by atoms with Gasteiger partial charge in [0, 0.05) is 25.1 Å². The summed E-state index contributed by atoms with van der Waals surface area (Å²) < 4.78 is 48.2. The van der Waals surface area contributed by atoms with Crippen LogP contribution in [-0.4, -0.2) is 67.4 Å². The molecule has 10 heteroatoms. The van der Waals surface area contributed by atoms with Gasteiger partial charge >= 0.3 is 0 Å². The molecule has 2 heterocycles. The van der Waals surface area contributed by atoms with E-state index in [1.165, 1.54) is 18.2 Å². The van der Waals surface area contributed by atoms with Crippen LogP contribution in [0.25, 0.3) is 11.1 Å². The third-order valence-electron chi connectivity index (χ3n) is 7.07. The zero-order valence-electron chi connectivity index (χ0n) is 22.1. The topological polar surface area (TPSA) is 94.5 Å². The SMILES string of the molecule is CC(C)(F)CN1CCC(COc2ccc(-c3cccc(F)c3C(=O)NC(=O)[C@@H]3C[C@H](F)CN3)c(C#N)c2)CC1. The predicted octanol–water partition coefficient (Wildman–Crippen LogP) is 4.16. The second-order valence-electron chi connectivity index (χ2n) is 10.8. The molecule has 2 aliphatic rings. The number of carbonyl (C=O) groups excluding carboxylic acids is 2. The van der Waals surface area contributed by atoms with Gasteiger partial charge in [-0.2, -0.15) is 5.26 Å². The van der Waals surface area contributed by atoms with E-state index < -0.39 is 35.5 Å². The highest BCUT2D eigenvalue weighted by Crippen LogP contribution is 2.32. The molecule has 4 rings (SSSR count). The van der Waals surface area contributed by atoms with Crippen LogP contribution >= 0.6 is 0 Å². The summed E-state index contributed by atoms with van der Waals surface area (Å²) in [6.07, 6.45) is 0.489. The maximum absolute atomic E-state index is 14.9. The van der Waals surface area contributed by atoms with E-state index in [9.17, 15) is 28.0 Å². The van der Waals surface area contributed by atoms with Gasteiger partial charge in [-0.25, -0.2) is 13.2 Å². The van der Waals surface area contributed by atoms with Crippen molar-refractivity contribution in [3.63, 3.8) is 0 Å². The fraction of sp³-hybridized carbons (Fsp3) is 0.483. The summed E-state index contributed by atoms with van der Waals surface area (Å²) in [7, 11) is 0. The normalized spacial score (nSPS) is 20.4. The number of piperidine rings is 1. The Labute approximate surface area is 226 Å². The molecule has 0 saturated carbocycles. The van der Waals surface area contributed by atoms with E-state index in [2.05, 4.69) is 21.6 Å². The smallest absolute Gasteiger partial charge is 0.261 e. The molecule has 2 fully saturated rings. The van der Waals surface area contributed by atoms with Crippen LogP contribution in [0.2, 0.25) is 0 Å². The first-order valence-electron chi connectivity index (χ1n) is 13.1. The first-order chi connectivity index (χ1) is 18.5. The summed E-state index contributed by atoms with van der Waals surface area (Å²) >= 11 is 0. The van der Waals surface area contributed by atoms with Gasteiger partial charge < -0.3 is 15.0 Å². The van der Waals surface area contributed by atoms with Crippen LogP contribution in [0, 0.1) is 23.1 Å². The van der Waals surface area contributed by atoms with E-state index in [0.717, 1.165) is 32.0 Å². The standard InChI is InChI=1S/C29H33F3N4O3/c1-29(2,32)17-36-10-8-18(9-11-36)16-39-21-6-7-22(19(12-21)14-33)23-4-3-5-24(31)26(23)28(38)35-27(37)25-13-20(30)15-34-25/h3-7,12,18,20,25,34H,8-11,13,15-17H2,1-2H3,(H,35,37,38)/t20-,25-/m0/s1. The van der Waals surface area contributed by atoms with Crippen molar-refractivity contribution in [1.82, 2.24) is 15.5 Å². The Balaban J connectivity index is 1.44. The number of nitrogens with one attached hydrogen (secondary N) is 2. The number of nitriles is 1. The molecule has 2 saturated heterocycles. The van der Waals surface area contributed by atoms with E-state index in [0.29, 0.717) is 30.4 Å². The molecule has 2 aliphatic heterocycles. The van der Waals surface area contributed by atoms with Crippen molar-refractivity contribution in [2.45, 2.75) is 51.0 Å². The number of likely N-dealkylation sites (tertiary alicyclic amines) is 1. The molecule has 2 atom stereocenters. The molecule has 2 amide bonds. The molecule has 39 heavy (non-hydrogen) atoms. The lowest BCUT2D eigenvalue weighted by molar-refractivity contribution is -0.121. The summed E-state index contributed by atoms with van der Waals surface area (Å²) in [4.78, 5) is 27.5. The van der Waals surface area contributed by atoms with Crippen LogP contribution in [0.1, 0.15) is 49.0 Å². The lowest BCUT2D eigenvalue weighted by Crippen LogP contribution is -2.43. The highest BCUT2D eigenvalue weighted by Gasteiger charge is 2.31. The number of benzene rings is 2. The monoisotopic (exact) mass is 542 g/mol. The summed E-state index contributed by atoms with van der Waals surface area (Å²) in [5, 5.41) is 14.7. The molecule has 0 aromatic heterocycles. The number of rotatable bonds is 8. The highest BCUT2D eigenvalue weighted by atomic mass is 19.1. The van der Waals surface area contributed by atoms with Crippen molar-refractivity contribution < 1.29 is 27.5 Å². The Bertz CT molecular complexity index is 1250. The minimum Gasteiger partial charge on any atom is -0.493 e. The number of imide groups is 1. The zero-order chi connectivity index (χ0) is 28.2. The summed E-state index contributed by atoms with van der Waals surface area (Å²) in [6.45, 7) is 5.59. The van der Waals surface area contributed by atoms with Crippen molar-refractivity contribution in [3.05, 3.63) is 53.3 Å². The summed E-state index contributed by atoms with van der Waals surface area (Å²) in [6, 6.07) is 9.98. The third-order valence-corrected chi connectivity index (χ3v) is 7.07. The predicted molar refractivity (Wildman–Crippen MR) is 140 cm³/mol. The zero-order valence-corrected chi connectivity index (χ0v) is 22.1. The number of carbonyl (C=O) groups is 2. The lowest BCUT2D eigenvalue weighted by atomic mass is 9.94. The second kappa shape index (κ2) is 12.2. The fourth-order valence-electron chi connectivity index (χ4n) is 5.13. The first-order valence-corrected chi connectivity index (χ1v) is 13.1. The minimum atomic E-state index is -1.23. The maximum atomic E-state index is 14.9. The Kier molecular flexibility index (Phi) is 8.93. The van der Waals surface area contributed by atoms with Gasteiger partial charge in [0.2, 0.25) is 5.91 Å². The number of amides is 2. The molecule has 208 valence electrons. The average Bonchev–Trinajstić information content (AvgIpc) is 3.33. The van der Waals surface area contributed by atoms with Gasteiger partial charge in [0.15, 0.2) is 0 Å². The summed E-state index contributed by atoms with van der Waals surface area (Å²) in [5.41, 5.74) is -0.977. The Hall–Kier alpha value is -3.42. The molecule has 0 unspecified atom stereocenters. The van der Waals surface area contributed by atoms with Gasteiger partial charge in [0.25, 0.3) is 5.91 Å². The van der Waals surface area contributed by atoms with Crippen molar-refractivity contribution in [2.24, 2.45) is 5.92 Å². The van der Waals surface area contributed by atoms with Gasteiger partial charge in [-0.3, -0.25) is 14.9 Å². The Morgan fingerprint density at radius 3 is 2.59 bits per heavy atom. The van der Waals surface area contributed by atoms with E-state index >= 15 is 0 Å². The molecule has 0 bridgehead atoms. The molecular weight excluding hydrogens is 509 g/mol. The minimum absolute atomic E-state index is 0.00779. The van der Waals surface area contributed by atoms with E-state index in [-0.39, 0.29) is 29.7 Å². The van der Waals surface area contributed by atoms with E-state index in [4.69, 9.17) is 4.74 Å². The van der Waals surface area contributed by atoms with Crippen molar-refractivity contribution >= 4 is 11.8 Å². The van der Waals surface area contributed by atoms with Crippen molar-refractivity contribution in [2.75, 3.05) is 32.8 Å². The molecular formula is C29H33F3N4O3. The quantitative estimate of drug-likeness (QED) is 0.487. The van der Waals surface area contributed by atoms with Crippen molar-refractivity contribution in [1.29, 1.82) is 5.26 Å². The van der Waals surface area contributed by atoms with Crippen LogP contribution in [-0.2, 0) is 4.79 Å². The van der Waals surface area contributed by atoms with Gasteiger partial charge in [0.05, 0.1) is 29.8 Å². The second-order valence-corrected chi connectivity index (χ2v) is 10.8. The highest BCUT2D eigenvalue weighted by molar-refractivity contribution is 6.10. The first kappa shape index (κ1) is 28.6. The number of hydrogen-bond donors (Lipinski definition) is 2. The van der Waals surface area contributed by atoms with Crippen LogP contribution < -0.4 is 15.4 Å². The molecule has 0 aliphatic carbocycles. The summed E-state index contributed by atoms with van der Waals surface area (Å²) in [5.74, 6) is -1.80. The number of alkyl halides is 2. The molecule has 0 radical (unpaired) electrons. The largest absolute Gasteiger partial charge is 0.493 e. The average molecular weight is 543 g/mol. The Morgan fingerprint density at radius 2 is 1.95 bits per heavy atom. The maximum Gasteiger partial charge on any atom is 0.261 e. The van der Waals surface area contributed by atoms with Crippen LogP contribution in [0.4, 0.5) is 13.2 Å². The van der Waals surface area contributed by atoms with Crippen LogP contribution in [0.15, 0.2) is 36.4 Å². The lowest BCUT2D eigenvalue weighted by Gasteiger charge is -2.34. The molecule has 2 aromatic carbocycles. The van der Waals surface area contributed by atoms with Gasteiger partial charge in [0.1, 0.15) is 23.4 Å². The third kappa shape index (κ3) is 7.37.